The van der Waals surface area contributed by atoms with Gasteiger partial charge in [-0.15, -0.1) is 0 Å². The molecule has 204 valence electrons. The molecule has 2 saturated heterocycles. The highest BCUT2D eigenvalue weighted by molar-refractivity contribution is 6.34. The quantitative estimate of drug-likeness (QED) is 0.556. The Hall–Kier alpha value is -2.77. The Bertz CT molecular complexity index is 1170. The normalized spacial score (nSPS) is 20.2. The van der Waals surface area contributed by atoms with E-state index in [1.165, 1.54) is 4.90 Å². The highest BCUT2D eigenvalue weighted by Gasteiger charge is 2.46. The molecule has 1 aliphatic carbocycles. The number of likely N-dealkylation sites (tertiary alicyclic amines) is 2. The summed E-state index contributed by atoms with van der Waals surface area (Å²) >= 11 is 6.38. The number of rotatable bonds is 7. The highest BCUT2D eigenvalue weighted by Crippen LogP contribution is 2.44. The second-order valence-corrected chi connectivity index (χ2v) is 11.6. The number of piperidine rings is 1. The Kier molecular flexibility index (Phi) is 7.87. The lowest BCUT2D eigenvalue weighted by Crippen LogP contribution is -2.61. The summed E-state index contributed by atoms with van der Waals surface area (Å²) < 4.78 is 5.46. The minimum Gasteiger partial charge on any atom is -0.497 e. The van der Waals surface area contributed by atoms with Crippen LogP contribution >= 0.6 is 11.6 Å². The summed E-state index contributed by atoms with van der Waals surface area (Å²) in [5, 5.41) is 4.02. The molecule has 1 N–H and O–H groups in total. The average Bonchev–Trinajstić information content (AvgIpc) is 3.41. The summed E-state index contributed by atoms with van der Waals surface area (Å²) in [6, 6.07) is 14.5. The molecule has 5 rings (SSSR count). The number of halogens is 1. The maximum Gasteiger partial charge on any atom is 0.254 e. The first-order chi connectivity index (χ1) is 18.3. The van der Waals surface area contributed by atoms with Gasteiger partial charge in [-0.05, 0) is 61.6 Å². The minimum atomic E-state index is -0.402. The molecule has 0 radical (unpaired) electrons. The van der Waals surface area contributed by atoms with Crippen LogP contribution in [-0.4, -0.2) is 86.0 Å². The number of benzene rings is 2. The van der Waals surface area contributed by atoms with Crippen LogP contribution in [0.15, 0.2) is 42.5 Å². The number of ether oxygens (including phenoxy) is 1. The van der Waals surface area contributed by atoms with Crippen LogP contribution in [0.5, 0.6) is 5.75 Å². The summed E-state index contributed by atoms with van der Waals surface area (Å²) in [7, 11) is 5.13. The summed E-state index contributed by atoms with van der Waals surface area (Å²) in [4.78, 5) is 32.3. The number of nitrogens with one attached hydrogen (secondary N) is 1. The van der Waals surface area contributed by atoms with Crippen LogP contribution in [0.25, 0.3) is 0 Å². The van der Waals surface area contributed by atoms with Crippen molar-refractivity contribution in [2.75, 3.05) is 52.7 Å². The summed E-state index contributed by atoms with van der Waals surface area (Å²) in [5.74, 6) is 1.03. The molecule has 0 aromatic heterocycles. The largest absolute Gasteiger partial charge is 0.497 e. The molecule has 7 nitrogen and oxygen atoms in total. The smallest absolute Gasteiger partial charge is 0.254 e. The van der Waals surface area contributed by atoms with Crippen molar-refractivity contribution in [3.63, 3.8) is 0 Å². The van der Waals surface area contributed by atoms with Crippen molar-refractivity contribution in [1.29, 1.82) is 0 Å². The predicted molar refractivity (Wildman–Crippen MR) is 151 cm³/mol. The summed E-state index contributed by atoms with van der Waals surface area (Å²) in [6.45, 7) is 3.59. The van der Waals surface area contributed by atoms with Crippen LogP contribution in [-0.2, 0) is 10.2 Å². The van der Waals surface area contributed by atoms with E-state index in [0.717, 1.165) is 81.7 Å². The average molecular weight is 539 g/mol. The van der Waals surface area contributed by atoms with Gasteiger partial charge in [0.25, 0.3) is 5.91 Å². The number of hydrogen-bond donors (Lipinski definition) is 1. The fourth-order valence-corrected chi connectivity index (χ4v) is 6.68. The van der Waals surface area contributed by atoms with Crippen molar-refractivity contribution in [2.45, 2.75) is 56.0 Å². The molecule has 1 saturated carbocycles. The van der Waals surface area contributed by atoms with Gasteiger partial charge >= 0.3 is 0 Å². The molecule has 2 heterocycles. The van der Waals surface area contributed by atoms with Gasteiger partial charge in [-0.1, -0.05) is 36.6 Å². The predicted octanol–water partition coefficient (Wildman–Crippen LogP) is 4.65. The standard InChI is InChI=1S/C30H39ClN4O3/c1-33(2)28(36)26-10-9-22(18-27(26)31)32-23-19-35(20-23)24-11-15-34(16-12-24)29(37)30(13-4-5-14-30)21-7-6-8-25(17-21)38-3/h6-10,17-18,23-24,32H,4-5,11-16,19-20H2,1-3H3. The SMILES string of the molecule is COc1cccc(C2(C(=O)N3CCC(N4CC(Nc5ccc(C(=O)N(C)C)c(Cl)c5)C4)CC3)CCCC2)c1. The number of anilines is 1. The van der Waals surface area contributed by atoms with Gasteiger partial charge in [0.15, 0.2) is 0 Å². The fourth-order valence-electron chi connectivity index (χ4n) is 6.42. The lowest BCUT2D eigenvalue weighted by Gasteiger charge is -2.48. The Morgan fingerprint density at radius 3 is 2.39 bits per heavy atom. The van der Waals surface area contributed by atoms with Gasteiger partial charge in [0, 0.05) is 52.0 Å². The van der Waals surface area contributed by atoms with Gasteiger partial charge in [-0.2, -0.15) is 0 Å². The zero-order valence-electron chi connectivity index (χ0n) is 22.7. The van der Waals surface area contributed by atoms with E-state index in [1.807, 2.05) is 24.3 Å². The molecule has 38 heavy (non-hydrogen) atoms. The Morgan fingerprint density at radius 1 is 1.05 bits per heavy atom. The van der Waals surface area contributed by atoms with E-state index in [0.29, 0.717) is 28.6 Å². The third-order valence-corrected chi connectivity index (χ3v) is 8.96. The molecule has 0 spiro atoms. The van der Waals surface area contributed by atoms with Crippen LogP contribution in [0.2, 0.25) is 5.02 Å². The second-order valence-electron chi connectivity index (χ2n) is 11.2. The first-order valence-electron chi connectivity index (χ1n) is 13.8. The van der Waals surface area contributed by atoms with Crippen LogP contribution in [0.1, 0.15) is 54.4 Å². The lowest BCUT2D eigenvalue weighted by molar-refractivity contribution is -0.139. The van der Waals surface area contributed by atoms with Gasteiger partial charge < -0.3 is 19.9 Å². The third kappa shape index (κ3) is 5.23. The van der Waals surface area contributed by atoms with Gasteiger partial charge in [-0.3, -0.25) is 14.5 Å². The van der Waals surface area contributed by atoms with Crippen LogP contribution in [0.3, 0.4) is 0 Å². The van der Waals surface area contributed by atoms with E-state index in [1.54, 1.807) is 27.3 Å². The Balaban J connectivity index is 1.13. The molecular weight excluding hydrogens is 500 g/mol. The van der Waals surface area contributed by atoms with Crippen molar-refractivity contribution in [2.24, 2.45) is 0 Å². The summed E-state index contributed by atoms with van der Waals surface area (Å²) in [6.07, 6.45) is 6.07. The molecule has 2 aromatic rings. The fraction of sp³-hybridized carbons (Fsp3) is 0.533. The van der Waals surface area contributed by atoms with Crippen LogP contribution in [0, 0.1) is 0 Å². The number of hydrogen-bond acceptors (Lipinski definition) is 5. The number of nitrogens with zero attached hydrogens (tertiary/aromatic N) is 3. The Labute approximate surface area is 231 Å². The maximum absolute atomic E-state index is 13.9. The van der Waals surface area contributed by atoms with Crippen LogP contribution < -0.4 is 10.1 Å². The van der Waals surface area contributed by atoms with E-state index < -0.39 is 5.41 Å². The van der Waals surface area contributed by atoms with Crippen molar-refractivity contribution in [3.8, 4) is 5.75 Å². The highest BCUT2D eigenvalue weighted by atomic mass is 35.5. The number of carbonyl (C=O) groups is 2. The van der Waals surface area contributed by atoms with E-state index in [9.17, 15) is 9.59 Å². The zero-order chi connectivity index (χ0) is 26.9. The maximum atomic E-state index is 13.9. The monoisotopic (exact) mass is 538 g/mol. The summed E-state index contributed by atoms with van der Waals surface area (Å²) in [5.41, 5.74) is 2.16. The number of methoxy groups -OCH3 is 1. The number of carbonyl (C=O) groups excluding carboxylic acids is 2. The van der Waals surface area contributed by atoms with E-state index in [4.69, 9.17) is 16.3 Å². The molecule has 2 aromatic carbocycles. The topological polar surface area (TPSA) is 65.1 Å². The van der Waals surface area contributed by atoms with Gasteiger partial charge in [0.05, 0.1) is 29.2 Å². The second kappa shape index (κ2) is 11.1. The molecule has 0 unspecified atom stereocenters. The first-order valence-corrected chi connectivity index (χ1v) is 14.1. The van der Waals surface area contributed by atoms with Gasteiger partial charge in [0.1, 0.15) is 5.75 Å². The minimum absolute atomic E-state index is 0.0939. The molecule has 3 fully saturated rings. The van der Waals surface area contributed by atoms with Crippen molar-refractivity contribution in [3.05, 3.63) is 58.6 Å². The third-order valence-electron chi connectivity index (χ3n) is 8.64. The molecule has 2 amide bonds. The van der Waals surface area contributed by atoms with Crippen LogP contribution in [0.4, 0.5) is 5.69 Å². The molecule has 2 aliphatic heterocycles. The van der Waals surface area contributed by atoms with E-state index in [-0.39, 0.29) is 5.91 Å². The molecular formula is C30H39ClN4O3. The van der Waals surface area contributed by atoms with Gasteiger partial charge in [0.2, 0.25) is 5.91 Å². The van der Waals surface area contributed by atoms with E-state index in [2.05, 4.69) is 27.2 Å². The van der Waals surface area contributed by atoms with Crippen molar-refractivity contribution < 1.29 is 14.3 Å². The Morgan fingerprint density at radius 2 is 1.76 bits per heavy atom. The van der Waals surface area contributed by atoms with Crippen molar-refractivity contribution in [1.82, 2.24) is 14.7 Å². The zero-order valence-corrected chi connectivity index (χ0v) is 23.5. The molecule has 8 heteroatoms. The van der Waals surface area contributed by atoms with Crippen molar-refractivity contribution >= 4 is 29.1 Å². The van der Waals surface area contributed by atoms with Gasteiger partial charge in [-0.25, -0.2) is 0 Å². The molecule has 0 bridgehead atoms. The number of amides is 2. The lowest BCUT2D eigenvalue weighted by atomic mass is 9.77. The van der Waals surface area contributed by atoms with E-state index >= 15 is 0 Å². The molecule has 0 atom stereocenters. The molecule has 3 aliphatic rings. The first kappa shape index (κ1) is 26.8.